The maximum absolute atomic E-state index is 6.00. The van der Waals surface area contributed by atoms with E-state index in [4.69, 9.17) is 4.74 Å². The number of hydrogen-bond acceptors (Lipinski definition) is 4. The number of pyridine rings is 1. The van der Waals surface area contributed by atoms with Crippen LogP contribution >= 0.6 is 0 Å². The molecule has 0 saturated heterocycles. The van der Waals surface area contributed by atoms with Gasteiger partial charge in [0.2, 0.25) is 0 Å². The van der Waals surface area contributed by atoms with Crippen LogP contribution in [0.25, 0.3) is 0 Å². The van der Waals surface area contributed by atoms with Gasteiger partial charge in [-0.1, -0.05) is 0 Å². The van der Waals surface area contributed by atoms with Crippen LogP contribution in [-0.4, -0.2) is 39.4 Å². The monoisotopic (exact) mass is 312 g/mol. The van der Waals surface area contributed by atoms with E-state index in [1.807, 2.05) is 30.3 Å². The fraction of sp³-hybridized carbons (Fsp3) is 0.556. The third kappa shape index (κ3) is 3.46. The van der Waals surface area contributed by atoms with E-state index in [1.165, 1.54) is 29.7 Å². The van der Waals surface area contributed by atoms with Crippen LogP contribution in [0.3, 0.4) is 0 Å². The summed E-state index contributed by atoms with van der Waals surface area (Å²) in [4.78, 5) is 6.59. The van der Waals surface area contributed by atoms with E-state index in [2.05, 4.69) is 27.1 Å². The predicted molar refractivity (Wildman–Crippen MR) is 87.8 cm³/mol. The van der Waals surface area contributed by atoms with Crippen LogP contribution in [0.4, 0.5) is 0 Å². The fourth-order valence-corrected chi connectivity index (χ4v) is 3.50. The third-order valence-electron chi connectivity index (χ3n) is 4.85. The Hall–Kier alpha value is -1.72. The Balaban J connectivity index is 1.46. The van der Waals surface area contributed by atoms with Crippen molar-refractivity contribution in [3.63, 3.8) is 0 Å². The number of ether oxygens (including phenoxy) is 1. The topological polar surface area (TPSA) is 43.2 Å². The normalized spacial score (nSPS) is 21.3. The van der Waals surface area contributed by atoms with Gasteiger partial charge in [0.05, 0.1) is 12.8 Å². The molecule has 5 heteroatoms. The zero-order chi connectivity index (χ0) is 15.6. The van der Waals surface area contributed by atoms with Gasteiger partial charge < -0.3 is 4.74 Å². The van der Waals surface area contributed by atoms with E-state index in [0.29, 0.717) is 5.92 Å². The van der Waals surface area contributed by atoms with Gasteiger partial charge in [0, 0.05) is 62.9 Å². The van der Waals surface area contributed by atoms with Crippen LogP contribution in [0.15, 0.2) is 30.7 Å². The molecule has 0 N–H and O–H groups in total. The molecule has 0 amide bonds. The molecular weight excluding hydrogens is 288 g/mol. The van der Waals surface area contributed by atoms with Crippen molar-refractivity contribution in [2.24, 2.45) is 13.0 Å². The molecular formula is C18H24N4O. The minimum Gasteiger partial charge on any atom is -0.380 e. The van der Waals surface area contributed by atoms with Crippen molar-refractivity contribution in [3.8, 4) is 0 Å². The zero-order valence-corrected chi connectivity index (χ0v) is 13.7. The van der Waals surface area contributed by atoms with Crippen LogP contribution in [-0.2, 0) is 24.9 Å². The second kappa shape index (κ2) is 6.42. The summed E-state index contributed by atoms with van der Waals surface area (Å²) >= 11 is 0. The highest BCUT2D eigenvalue weighted by molar-refractivity contribution is 5.25. The first-order chi connectivity index (χ1) is 11.3. The van der Waals surface area contributed by atoms with E-state index in [0.717, 1.165) is 38.8 Å². The molecule has 0 aromatic carbocycles. The van der Waals surface area contributed by atoms with Crippen LogP contribution < -0.4 is 0 Å². The molecule has 2 aromatic heterocycles. The highest BCUT2D eigenvalue weighted by Gasteiger charge is 2.29. The van der Waals surface area contributed by atoms with Gasteiger partial charge in [-0.05, 0) is 36.5 Å². The first-order valence-corrected chi connectivity index (χ1v) is 8.49. The lowest BCUT2D eigenvalue weighted by Gasteiger charge is -2.33. The van der Waals surface area contributed by atoms with Gasteiger partial charge in [0.25, 0.3) is 0 Å². The molecule has 0 spiro atoms. The Kier molecular flexibility index (Phi) is 4.14. The third-order valence-corrected chi connectivity index (χ3v) is 4.85. The summed E-state index contributed by atoms with van der Waals surface area (Å²) in [6.45, 7) is 4.67. The second-order valence-corrected chi connectivity index (χ2v) is 6.88. The average molecular weight is 312 g/mol. The molecule has 2 aliphatic rings. The van der Waals surface area contributed by atoms with Gasteiger partial charge in [-0.3, -0.25) is 14.6 Å². The SMILES string of the molecule is Cn1ncc2c1[C@H](COCC1CC1)CN(Cc1ccncc1)C2. The first-order valence-electron chi connectivity index (χ1n) is 8.49. The number of aryl methyl sites for hydroxylation is 1. The highest BCUT2D eigenvalue weighted by atomic mass is 16.5. The minimum absolute atomic E-state index is 0.409. The van der Waals surface area contributed by atoms with E-state index >= 15 is 0 Å². The number of fused-ring (bicyclic) bond motifs is 1. The molecule has 0 radical (unpaired) electrons. The standard InChI is InChI=1S/C18H24N4O/c1-21-18-16(8-20-21)10-22(9-14-4-6-19-7-5-14)11-17(18)13-23-12-15-2-3-15/h4-8,15,17H,2-3,9-13H2,1H3/t17-/m0/s1. The Labute approximate surface area is 137 Å². The van der Waals surface area contributed by atoms with Crippen LogP contribution in [0.2, 0.25) is 0 Å². The number of hydrogen-bond donors (Lipinski definition) is 0. The van der Waals surface area contributed by atoms with Gasteiger partial charge in [0.15, 0.2) is 0 Å². The molecule has 1 saturated carbocycles. The second-order valence-electron chi connectivity index (χ2n) is 6.88. The fourth-order valence-electron chi connectivity index (χ4n) is 3.50. The van der Waals surface area contributed by atoms with Gasteiger partial charge in [-0.15, -0.1) is 0 Å². The Morgan fingerprint density at radius 3 is 2.83 bits per heavy atom. The Bertz CT molecular complexity index is 650. The molecule has 1 atom stereocenters. The van der Waals surface area contributed by atoms with Gasteiger partial charge in [-0.25, -0.2) is 0 Å². The summed E-state index contributed by atoms with van der Waals surface area (Å²) in [5.41, 5.74) is 4.00. The predicted octanol–water partition coefficient (Wildman–Crippen LogP) is 2.34. The molecule has 4 rings (SSSR count). The molecule has 3 heterocycles. The highest BCUT2D eigenvalue weighted by Crippen LogP contribution is 2.31. The molecule has 0 unspecified atom stereocenters. The van der Waals surface area contributed by atoms with Crippen LogP contribution in [0.5, 0.6) is 0 Å². The lowest BCUT2D eigenvalue weighted by molar-refractivity contribution is 0.0870. The Morgan fingerprint density at radius 2 is 2.04 bits per heavy atom. The van der Waals surface area contributed by atoms with E-state index in [1.54, 1.807) is 0 Å². The molecule has 1 fully saturated rings. The first kappa shape index (κ1) is 14.8. The smallest absolute Gasteiger partial charge is 0.0562 e. The largest absolute Gasteiger partial charge is 0.380 e. The summed E-state index contributed by atoms with van der Waals surface area (Å²) in [6, 6.07) is 4.19. The molecule has 5 nitrogen and oxygen atoms in total. The summed E-state index contributed by atoms with van der Waals surface area (Å²) in [6.07, 6.45) is 8.43. The lowest BCUT2D eigenvalue weighted by Crippen LogP contribution is -2.35. The number of rotatable bonds is 6. The summed E-state index contributed by atoms with van der Waals surface area (Å²) in [7, 11) is 2.05. The van der Waals surface area contributed by atoms with Crippen molar-refractivity contribution in [3.05, 3.63) is 47.5 Å². The van der Waals surface area contributed by atoms with Gasteiger partial charge >= 0.3 is 0 Å². The molecule has 23 heavy (non-hydrogen) atoms. The molecule has 2 aromatic rings. The van der Waals surface area contributed by atoms with E-state index < -0.39 is 0 Å². The van der Waals surface area contributed by atoms with Crippen molar-refractivity contribution >= 4 is 0 Å². The van der Waals surface area contributed by atoms with Crippen LogP contribution in [0, 0.1) is 5.92 Å². The van der Waals surface area contributed by atoms with Crippen molar-refractivity contribution < 1.29 is 4.74 Å². The average Bonchev–Trinajstić information content (AvgIpc) is 3.31. The quantitative estimate of drug-likeness (QED) is 0.821. The number of nitrogens with zero attached hydrogens (tertiary/aromatic N) is 4. The lowest BCUT2D eigenvalue weighted by atomic mass is 9.96. The maximum Gasteiger partial charge on any atom is 0.0562 e. The molecule has 1 aliphatic heterocycles. The molecule has 0 bridgehead atoms. The Morgan fingerprint density at radius 1 is 1.22 bits per heavy atom. The maximum atomic E-state index is 6.00. The van der Waals surface area contributed by atoms with Crippen LogP contribution in [0.1, 0.15) is 35.6 Å². The minimum atomic E-state index is 0.409. The molecule has 1 aliphatic carbocycles. The number of aromatic nitrogens is 3. The van der Waals surface area contributed by atoms with Crippen molar-refractivity contribution in [2.45, 2.75) is 31.8 Å². The summed E-state index contributed by atoms with van der Waals surface area (Å²) < 4.78 is 8.03. The molecule has 122 valence electrons. The van der Waals surface area contributed by atoms with Gasteiger partial charge in [0.1, 0.15) is 0 Å². The van der Waals surface area contributed by atoms with Crippen molar-refractivity contribution in [2.75, 3.05) is 19.8 Å². The van der Waals surface area contributed by atoms with E-state index in [-0.39, 0.29) is 0 Å². The zero-order valence-electron chi connectivity index (χ0n) is 13.7. The summed E-state index contributed by atoms with van der Waals surface area (Å²) in [5.74, 6) is 1.23. The van der Waals surface area contributed by atoms with Crippen molar-refractivity contribution in [1.82, 2.24) is 19.7 Å². The van der Waals surface area contributed by atoms with Crippen molar-refractivity contribution in [1.29, 1.82) is 0 Å². The summed E-state index contributed by atoms with van der Waals surface area (Å²) in [5, 5.41) is 4.47. The van der Waals surface area contributed by atoms with E-state index in [9.17, 15) is 0 Å². The van der Waals surface area contributed by atoms with Gasteiger partial charge in [-0.2, -0.15) is 5.10 Å².